The Morgan fingerprint density at radius 1 is 0.833 bits per heavy atom. The van der Waals surface area contributed by atoms with Crippen LogP contribution in [0.3, 0.4) is 0 Å². The molecule has 0 unspecified atom stereocenters. The zero-order chi connectivity index (χ0) is 19.1. The lowest BCUT2D eigenvalue weighted by molar-refractivity contribution is -0.136. The molecule has 0 saturated heterocycles. The maximum absolute atomic E-state index is 10.2. The second-order valence-corrected chi connectivity index (χ2v) is 4.58. The molecule has 4 nitrogen and oxygen atoms in total. The standard InChI is InChI=1S/C10H10.2C5H8O2/c1-3-9-7-5-6-8-10(9)4-2;2*1-4(2)5(6)7-3/h3-8H,1-2H2;2*1H2,2-3H3. The Hall–Kier alpha value is -2.88. The minimum absolute atomic E-state index is 0.347. The highest BCUT2D eigenvalue weighted by atomic mass is 16.5. The van der Waals surface area contributed by atoms with Crippen molar-refractivity contribution >= 4 is 24.1 Å². The Bertz CT molecular complexity index is 544. The Kier molecular flexibility index (Phi) is 13.4. The summed E-state index contributed by atoms with van der Waals surface area (Å²) in [6.45, 7) is 17.3. The van der Waals surface area contributed by atoms with Crippen LogP contribution in [0.2, 0.25) is 0 Å². The summed E-state index contributed by atoms with van der Waals surface area (Å²) in [5, 5.41) is 0. The fourth-order valence-electron chi connectivity index (χ4n) is 1.23. The summed E-state index contributed by atoms with van der Waals surface area (Å²) in [6, 6.07) is 8.02. The van der Waals surface area contributed by atoms with Gasteiger partial charge in [0.05, 0.1) is 14.2 Å². The van der Waals surface area contributed by atoms with Crippen molar-refractivity contribution in [2.45, 2.75) is 13.8 Å². The van der Waals surface area contributed by atoms with Gasteiger partial charge in [-0.05, 0) is 25.0 Å². The molecule has 0 amide bonds. The summed E-state index contributed by atoms with van der Waals surface area (Å²) < 4.78 is 8.55. The number of ether oxygens (including phenoxy) is 2. The molecule has 0 fully saturated rings. The van der Waals surface area contributed by atoms with Crippen molar-refractivity contribution in [1.29, 1.82) is 0 Å². The Labute approximate surface area is 144 Å². The van der Waals surface area contributed by atoms with Gasteiger partial charge in [0.25, 0.3) is 0 Å². The van der Waals surface area contributed by atoms with Gasteiger partial charge in [0.15, 0.2) is 0 Å². The van der Waals surface area contributed by atoms with Crippen molar-refractivity contribution in [3.8, 4) is 0 Å². The van der Waals surface area contributed by atoms with Crippen LogP contribution in [0.4, 0.5) is 0 Å². The third kappa shape index (κ3) is 10.8. The summed E-state index contributed by atoms with van der Waals surface area (Å²) in [5.74, 6) is -0.694. The molecule has 0 atom stereocenters. The number of hydrogen-bond acceptors (Lipinski definition) is 4. The maximum atomic E-state index is 10.2. The number of carbonyl (C=O) groups is 2. The lowest BCUT2D eigenvalue weighted by Gasteiger charge is -1.96. The largest absolute Gasteiger partial charge is 0.466 e. The summed E-state index contributed by atoms with van der Waals surface area (Å²) in [6.07, 6.45) is 3.66. The van der Waals surface area contributed by atoms with Crippen molar-refractivity contribution in [2.75, 3.05) is 14.2 Å². The van der Waals surface area contributed by atoms with Gasteiger partial charge in [0, 0.05) is 11.1 Å². The molecule has 0 aliphatic carbocycles. The quantitative estimate of drug-likeness (QED) is 0.605. The molecular weight excluding hydrogens is 304 g/mol. The predicted octanol–water partition coefficient (Wildman–Crippen LogP) is 4.44. The molecule has 0 bridgehead atoms. The van der Waals surface area contributed by atoms with Crippen LogP contribution < -0.4 is 0 Å². The second-order valence-electron chi connectivity index (χ2n) is 4.58. The molecule has 0 aliphatic heterocycles. The Balaban J connectivity index is 0. The number of rotatable bonds is 4. The summed E-state index contributed by atoms with van der Waals surface area (Å²) in [5.41, 5.74) is 3.14. The molecule has 24 heavy (non-hydrogen) atoms. The maximum Gasteiger partial charge on any atom is 0.332 e. The van der Waals surface area contributed by atoms with Gasteiger partial charge in [0.1, 0.15) is 0 Å². The minimum Gasteiger partial charge on any atom is -0.466 e. The third-order valence-electron chi connectivity index (χ3n) is 2.50. The van der Waals surface area contributed by atoms with E-state index in [0.29, 0.717) is 11.1 Å². The number of esters is 2. The van der Waals surface area contributed by atoms with Crippen molar-refractivity contribution < 1.29 is 19.1 Å². The van der Waals surface area contributed by atoms with Gasteiger partial charge in [-0.25, -0.2) is 9.59 Å². The molecule has 1 rings (SSSR count). The van der Waals surface area contributed by atoms with E-state index in [1.807, 2.05) is 36.4 Å². The summed E-state index contributed by atoms with van der Waals surface area (Å²) in [7, 11) is 2.66. The normalized spacial score (nSPS) is 8.17. The van der Waals surface area contributed by atoms with Crippen molar-refractivity contribution in [2.24, 2.45) is 0 Å². The van der Waals surface area contributed by atoms with E-state index >= 15 is 0 Å². The Morgan fingerprint density at radius 3 is 1.25 bits per heavy atom. The highest BCUT2D eigenvalue weighted by molar-refractivity contribution is 5.87. The van der Waals surface area contributed by atoms with Gasteiger partial charge < -0.3 is 9.47 Å². The van der Waals surface area contributed by atoms with Crippen LogP contribution in [-0.2, 0) is 19.1 Å². The number of methoxy groups -OCH3 is 2. The minimum atomic E-state index is -0.347. The number of hydrogen-bond donors (Lipinski definition) is 0. The lowest BCUT2D eigenvalue weighted by atomic mass is 10.1. The summed E-state index contributed by atoms with van der Waals surface area (Å²) in [4.78, 5) is 20.4. The smallest absolute Gasteiger partial charge is 0.332 e. The van der Waals surface area contributed by atoms with Gasteiger partial charge in [-0.1, -0.05) is 62.7 Å². The number of benzene rings is 1. The molecule has 0 spiro atoms. The van der Waals surface area contributed by atoms with E-state index in [0.717, 1.165) is 11.1 Å². The van der Waals surface area contributed by atoms with E-state index in [4.69, 9.17) is 0 Å². The third-order valence-corrected chi connectivity index (χ3v) is 2.50. The molecule has 130 valence electrons. The zero-order valence-electron chi connectivity index (χ0n) is 14.9. The van der Waals surface area contributed by atoms with Crippen LogP contribution >= 0.6 is 0 Å². The first kappa shape index (κ1) is 23.4. The Morgan fingerprint density at radius 2 is 1.12 bits per heavy atom. The first-order valence-corrected chi connectivity index (χ1v) is 7.06. The predicted molar refractivity (Wildman–Crippen MR) is 100 cm³/mol. The van der Waals surface area contributed by atoms with Crippen LogP contribution in [0.5, 0.6) is 0 Å². The van der Waals surface area contributed by atoms with Crippen molar-refractivity contribution in [1.82, 2.24) is 0 Å². The highest BCUT2D eigenvalue weighted by Crippen LogP contribution is 2.10. The molecule has 1 aromatic carbocycles. The van der Waals surface area contributed by atoms with Crippen LogP contribution in [0.25, 0.3) is 12.2 Å². The highest BCUT2D eigenvalue weighted by Gasteiger charge is 1.96. The fraction of sp³-hybridized carbons (Fsp3) is 0.200. The van der Waals surface area contributed by atoms with E-state index in [1.54, 1.807) is 13.8 Å². The zero-order valence-corrected chi connectivity index (χ0v) is 14.9. The van der Waals surface area contributed by atoms with Crippen LogP contribution in [0.15, 0.2) is 61.7 Å². The topological polar surface area (TPSA) is 52.6 Å². The molecule has 4 heteroatoms. The van der Waals surface area contributed by atoms with Gasteiger partial charge in [-0.2, -0.15) is 0 Å². The first-order valence-electron chi connectivity index (χ1n) is 7.06. The van der Waals surface area contributed by atoms with Gasteiger partial charge in [0.2, 0.25) is 0 Å². The molecule has 1 aromatic rings. The van der Waals surface area contributed by atoms with Crippen molar-refractivity contribution in [3.05, 3.63) is 72.9 Å². The second kappa shape index (κ2) is 13.8. The summed E-state index contributed by atoms with van der Waals surface area (Å²) >= 11 is 0. The number of carbonyl (C=O) groups excluding carboxylic acids is 2. The molecule has 0 heterocycles. The van der Waals surface area contributed by atoms with E-state index in [2.05, 4.69) is 35.8 Å². The first-order chi connectivity index (χ1) is 11.2. The van der Waals surface area contributed by atoms with Crippen LogP contribution in [0, 0.1) is 0 Å². The van der Waals surface area contributed by atoms with E-state index < -0.39 is 0 Å². The van der Waals surface area contributed by atoms with Crippen LogP contribution in [0.1, 0.15) is 25.0 Å². The average molecular weight is 330 g/mol. The monoisotopic (exact) mass is 330 g/mol. The van der Waals surface area contributed by atoms with E-state index in [9.17, 15) is 9.59 Å². The van der Waals surface area contributed by atoms with Gasteiger partial charge in [-0.15, -0.1) is 0 Å². The molecule has 0 aliphatic rings. The van der Waals surface area contributed by atoms with E-state index in [-0.39, 0.29) is 11.9 Å². The molecular formula is C20H26O4. The van der Waals surface area contributed by atoms with Gasteiger partial charge >= 0.3 is 11.9 Å². The molecule has 0 N–H and O–H groups in total. The van der Waals surface area contributed by atoms with Gasteiger partial charge in [-0.3, -0.25) is 0 Å². The van der Waals surface area contributed by atoms with Crippen molar-refractivity contribution in [3.63, 3.8) is 0 Å². The SMILES string of the molecule is C=C(C)C(=O)OC.C=C(C)C(=O)OC.C=Cc1ccccc1C=C. The average Bonchev–Trinajstić information content (AvgIpc) is 2.60. The molecule has 0 aromatic heterocycles. The fourth-order valence-corrected chi connectivity index (χ4v) is 1.23. The van der Waals surface area contributed by atoms with Crippen LogP contribution in [-0.4, -0.2) is 26.2 Å². The lowest BCUT2D eigenvalue weighted by Crippen LogP contribution is -1.98. The van der Waals surface area contributed by atoms with E-state index in [1.165, 1.54) is 14.2 Å². The molecule has 0 saturated carbocycles. The molecule has 0 radical (unpaired) electrons.